The van der Waals surface area contributed by atoms with Crippen LogP contribution in [0.1, 0.15) is 25.2 Å². The van der Waals surface area contributed by atoms with Crippen molar-refractivity contribution in [2.45, 2.75) is 26.7 Å². The van der Waals surface area contributed by atoms with Crippen LogP contribution in [0.5, 0.6) is 0 Å². The van der Waals surface area contributed by atoms with Crippen LogP contribution in [-0.2, 0) is 12.8 Å². The molecule has 0 radical (unpaired) electrons. The van der Waals surface area contributed by atoms with Crippen molar-refractivity contribution in [2.75, 3.05) is 26.2 Å². The summed E-state index contributed by atoms with van der Waals surface area (Å²) in [5.41, 5.74) is 7.79. The molecule has 0 saturated heterocycles. The molecule has 2 N–H and O–H groups in total. The second kappa shape index (κ2) is 7.90. The molecule has 0 fully saturated rings. The Balaban J connectivity index is 2.09. The van der Waals surface area contributed by atoms with E-state index in [-0.39, 0.29) is 0 Å². The Morgan fingerprint density at radius 1 is 1.14 bits per heavy atom. The second-order valence-electron chi connectivity index (χ2n) is 4.99. The number of nitrogens with two attached hydrogens (primary N) is 1. The third-order valence-electron chi connectivity index (χ3n) is 3.68. The lowest BCUT2D eigenvalue weighted by Crippen LogP contribution is -2.25. The third-order valence-corrected chi connectivity index (χ3v) is 3.68. The molecule has 2 aromatic rings. The summed E-state index contributed by atoms with van der Waals surface area (Å²) in [5, 5.41) is 4.09. The standard InChI is InChI=1S/C16H24N4O/c1-3-20(4-2)12-10-15-18-16(21-19-15)14-8-6-5-7-13(14)9-11-17/h5-8H,3-4,9-12,17H2,1-2H3. The summed E-state index contributed by atoms with van der Waals surface area (Å²) in [6.07, 6.45) is 1.62. The van der Waals surface area contributed by atoms with Crippen molar-refractivity contribution >= 4 is 0 Å². The van der Waals surface area contributed by atoms with E-state index in [9.17, 15) is 0 Å². The van der Waals surface area contributed by atoms with Gasteiger partial charge in [-0.05, 0) is 37.7 Å². The lowest BCUT2D eigenvalue weighted by Gasteiger charge is -2.16. The number of aromatic nitrogens is 2. The Hall–Kier alpha value is -1.72. The Morgan fingerprint density at radius 2 is 1.90 bits per heavy atom. The first-order chi connectivity index (χ1) is 10.3. The topological polar surface area (TPSA) is 68.2 Å². The van der Waals surface area contributed by atoms with Crippen LogP contribution in [0.15, 0.2) is 28.8 Å². The minimum Gasteiger partial charge on any atom is -0.334 e. The average molecular weight is 288 g/mol. The molecule has 5 heteroatoms. The van der Waals surface area contributed by atoms with Crippen molar-refractivity contribution in [1.82, 2.24) is 15.0 Å². The van der Waals surface area contributed by atoms with Gasteiger partial charge in [0.25, 0.3) is 5.89 Å². The van der Waals surface area contributed by atoms with Crippen LogP contribution in [0.2, 0.25) is 0 Å². The zero-order valence-electron chi connectivity index (χ0n) is 12.9. The van der Waals surface area contributed by atoms with Gasteiger partial charge in [0, 0.05) is 18.5 Å². The number of likely N-dealkylation sites (N-methyl/N-ethyl adjacent to an activating group) is 1. The second-order valence-corrected chi connectivity index (χ2v) is 4.99. The van der Waals surface area contributed by atoms with Gasteiger partial charge in [-0.15, -0.1) is 0 Å². The smallest absolute Gasteiger partial charge is 0.258 e. The summed E-state index contributed by atoms with van der Waals surface area (Å²) in [4.78, 5) is 6.86. The quantitative estimate of drug-likeness (QED) is 0.806. The Kier molecular flexibility index (Phi) is 5.90. The molecule has 2 rings (SSSR count). The van der Waals surface area contributed by atoms with Crippen molar-refractivity contribution in [2.24, 2.45) is 5.73 Å². The summed E-state index contributed by atoms with van der Waals surface area (Å²) >= 11 is 0. The zero-order chi connectivity index (χ0) is 15.1. The number of hydrogen-bond donors (Lipinski definition) is 1. The van der Waals surface area contributed by atoms with Crippen molar-refractivity contribution in [3.05, 3.63) is 35.7 Å². The SMILES string of the molecule is CCN(CC)CCc1noc(-c2ccccc2CCN)n1. The number of hydrogen-bond acceptors (Lipinski definition) is 5. The molecule has 1 heterocycles. The minimum absolute atomic E-state index is 0.591. The Morgan fingerprint density at radius 3 is 2.62 bits per heavy atom. The van der Waals surface area contributed by atoms with Gasteiger partial charge >= 0.3 is 0 Å². The van der Waals surface area contributed by atoms with Gasteiger partial charge in [-0.1, -0.05) is 37.2 Å². The van der Waals surface area contributed by atoms with Crippen LogP contribution in [0.3, 0.4) is 0 Å². The normalized spacial score (nSPS) is 11.2. The van der Waals surface area contributed by atoms with Gasteiger partial charge < -0.3 is 15.2 Å². The van der Waals surface area contributed by atoms with E-state index in [2.05, 4.69) is 35.0 Å². The van der Waals surface area contributed by atoms with Crippen molar-refractivity contribution < 1.29 is 4.52 Å². The number of nitrogens with zero attached hydrogens (tertiary/aromatic N) is 3. The summed E-state index contributed by atoms with van der Waals surface area (Å²) in [6, 6.07) is 8.05. The van der Waals surface area contributed by atoms with Crippen molar-refractivity contribution in [3.8, 4) is 11.5 Å². The highest BCUT2D eigenvalue weighted by Crippen LogP contribution is 2.22. The van der Waals surface area contributed by atoms with Crippen LogP contribution in [0, 0.1) is 0 Å². The molecule has 0 saturated carbocycles. The Labute approximate surface area is 126 Å². The van der Waals surface area contributed by atoms with E-state index in [0.717, 1.165) is 49.4 Å². The predicted octanol–water partition coefficient (Wildman–Crippen LogP) is 2.12. The molecule has 114 valence electrons. The molecule has 0 aliphatic heterocycles. The molecule has 0 unspecified atom stereocenters. The van der Waals surface area contributed by atoms with E-state index < -0.39 is 0 Å². The van der Waals surface area contributed by atoms with Crippen molar-refractivity contribution in [1.29, 1.82) is 0 Å². The van der Waals surface area contributed by atoms with Gasteiger partial charge in [-0.2, -0.15) is 4.98 Å². The molecule has 0 aliphatic rings. The molecule has 0 aliphatic carbocycles. The van der Waals surface area contributed by atoms with Crippen LogP contribution in [0.4, 0.5) is 0 Å². The molecule has 0 spiro atoms. The first-order valence-electron chi connectivity index (χ1n) is 7.61. The third kappa shape index (κ3) is 4.12. The van der Waals surface area contributed by atoms with Gasteiger partial charge in [0.05, 0.1) is 0 Å². The summed E-state index contributed by atoms with van der Waals surface area (Å²) in [7, 11) is 0. The maximum absolute atomic E-state index is 5.65. The fraction of sp³-hybridized carbons (Fsp3) is 0.500. The summed E-state index contributed by atoms with van der Waals surface area (Å²) < 4.78 is 5.42. The molecule has 0 bridgehead atoms. The largest absolute Gasteiger partial charge is 0.334 e. The van der Waals surface area contributed by atoms with Gasteiger partial charge in [0.2, 0.25) is 0 Å². The van der Waals surface area contributed by atoms with Crippen molar-refractivity contribution in [3.63, 3.8) is 0 Å². The first-order valence-corrected chi connectivity index (χ1v) is 7.61. The van der Waals surface area contributed by atoms with Gasteiger partial charge in [-0.25, -0.2) is 0 Å². The molecular formula is C16H24N4O. The van der Waals surface area contributed by atoms with Crippen LogP contribution in [-0.4, -0.2) is 41.2 Å². The lowest BCUT2D eigenvalue weighted by atomic mass is 10.0. The average Bonchev–Trinajstić information content (AvgIpc) is 2.98. The zero-order valence-corrected chi connectivity index (χ0v) is 12.9. The molecule has 1 aromatic carbocycles. The van der Waals surface area contributed by atoms with Gasteiger partial charge in [0.1, 0.15) is 0 Å². The predicted molar refractivity (Wildman–Crippen MR) is 84.0 cm³/mol. The lowest BCUT2D eigenvalue weighted by molar-refractivity contribution is 0.303. The first kappa shape index (κ1) is 15.7. The highest BCUT2D eigenvalue weighted by atomic mass is 16.5. The van der Waals surface area contributed by atoms with Crippen LogP contribution < -0.4 is 5.73 Å². The van der Waals surface area contributed by atoms with E-state index in [4.69, 9.17) is 10.3 Å². The molecule has 0 atom stereocenters. The maximum atomic E-state index is 5.65. The highest BCUT2D eigenvalue weighted by Gasteiger charge is 2.12. The van der Waals surface area contributed by atoms with Gasteiger partial charge in [0.15, 0.2) is 5.82 Å². The van der Waals surface area contributed by atoms with E-state index in [1.807, 2.05) is 18.2 Å². The molecular weight excluding hydrogens is 264 g/mol. The van der Waals surface area contributed by atoms with E-state index in [0.29, 0.717) is 12.4 Å². The fourth-order valence-corrected chi connectivity index (χ4v) is 2.37. The Bertz CT molecular complexity index is 549. The molecule has 5 nitrogen and oxygen atoms in total. The van der Waals surface area contributed by atoms with Gasteiger partial charge in [-0.3, -0.25) is 0 Å². The number of benzene rings is 1. The summed E-state index contributed by atoms with van der Waals surface area (Å²) in [6.45, 7) is 7.97. The molecule has 21 heavy (non-hydrogen) atoms. The van der Waals surface area contributed by atoms with E-state index in [1.165, 1.54) is 0 Å². The van der Waals surface area contributed by atoms with E-state index in [1.54, 1.807) is 0 Å². The monoisotopic (exact) mass is 288 g/mol. The van der Waals surface area contributed by atoms with E-state index >= 15 is 0 Å². The fourth-order valence-electron chi connectivity index (χ4n) is 2.37. The maximum Gasteiger partial charge on any atom is 0.258 e. The molecule has 1 aromatic heterocycles. The van der Waals surface area contributed by atoms with Crippen LogP contribution >= 0.6 is 0 Å². The highest BCUT2D eigenvalue weighted by molar-refractivity contribution is 5.58. The van der Waals surface area contributed by atoms with Crippen LogP contribution in [0.25, 0.3) is 11.5 Å². The summed E-state index contributed by atoms with van der Waals surface area (Å²) in [5.74, 6) is 1.35. The number of rotatable bonds is 8. The minimum atomic E-state index is 0.591. The molecule has 0 amide bonds.